The molecule has 1 saturated heterocycles. The first-order chi connectivity index (χ1) is 15.7. The van der Waals surface area contributed by atoms with Crippen molar-refractivity contribution in [2.45, 2.75) is 13.8 Å². The summed E-state index contributed by atoms with van der Waals surface area (Å²) in [6.45, 7) is 7.56. The van der Waals surface area contributed by atoms with Crippen LogP contribution in [0.4, 0.5) is 11.6 Å². The lowest BCUT2D eigenvalue weighted by Gasteiger charge is -2.36. The van der Waals surface area contributed by atoms with E-state index in [2.05, 4.69) is 86.5 Å². The summed E-state index contributed by atoms with van der Waals surface area (Å²) in [6.07, 6.45) is 0. The predicted molar refractivity (Wildman–Crippen MR) is 129 cm³/mol. The Hall–Kier alpha value is -3.80. The lowest BCUT2D eigenvalue weighted by molar-refractivity contribution is 0.637. The van der Waals surface area contributed by atoms with E-state index < -0.39 is 0 Å². The van der Waals surface area contributed by atoms with Gasteiger partial charge in [-0.15, -0.1) is 10.2 Å². The molecular formula is C26H26N6. The minimum Gasteiger partial charge on any atom is -0.353 e. The molecule has 6 heteroatoms. The van der Waals surface area contributed by atoms with Crippen molar-refractivity contribution in [3.63, 3.8) is 0 Å². The highest BCUT2D eigenvalue weighted by molar-refractivity contribution is 5.63. The highest BCUT2D eigenvalue weighted by atomic mass is 15.3. The van der Waals surface area contributed by atoms with Gasteiger partial charge < -0.3 is 9.80 Å². The van der Waals surface area contributed by atoms with Gasteiger partial charge in [0.2, 0.25) is 0 Å². The average molecular weight is 423 g/mol. The monoisotopic (exact) mass is 422 g/mol. The fraction of sp³-hybridized carbons (Fsp3) is 0.231. The summed E-state index contributed by atoms with van der Waals surface area (Å²) >= 11 is 0. The van der Waals surface area contributed by atoms with Crippen molar-refractivity contribution in [3.8, 4) is 22.5 Å². The predicted octanol–water partition coefficient (Wildman–Crippen LogP) is 4.54. The maximum atomic E-state index is 4.70. The van der Waals surface area contributed by atoms with Crippen LogP contribution in [0.15, 0.2) is 72.8 Å². The van der Waals surface area contributed by atoms with E-state index in [0.29, 0.717) is 0 Å². The first kappa shape index (κ1) is 20.1. The standard InChI is InChI=1S/C26H26N6/c1-19-8-10-22(11-9-19)23-12-13-25(30-29-23)31-14-16-32(17-15-31)26-18-24(27-20(2)28-26)21-6-4-3-5-7-21/h3-13,18H,14-17H2,1-2H3. The maximum Gasteiger partial charge on any atom is 0.151 e. The topological polar surface area (TPSA) is 58.0 Å². The Morgan fingerprint density at radius 2 is 1.25 bits per heavy atom. The Morgan fingerprint density at radius 1 is 0.594 bits per heavy atom. The summed E-state index contributed by atoms with van der Waals surface area (Å²) in [5, 5.41) is 8.96. The quantitative estimate of drug-likeness (QED) is 0.481. The van der Waals surface area contributed by atoms with Crippen LogP contribution in [0.25, 0.3) is 22.5 Å². The van der Waals surface area contributed by atoms with E-state index in [4.69, 9.17) is 4.98 Å². The van der Waals surface area contributed by atoms with Crippen molar-refractivity contribution in [1.82, 2.24) is 20.2 Å². The molecule has 3 heterocycles. The molecule has 0 aliphatic carbocycles. The molecule has 0 amide bonds. The van der Waals surface area contributed by atoms with Crippen LogP contribution in [0.3, 0.4) is 0 Å². The zero-order valence-corrected chi connectivity index (χ0v) is 18.4. The molecule has 0 atom stereocenters. The minimum atomic E-state index is 0.793. The van der Waals surface area contributed by atoms with Crippen LogP contribution >= 0.6 is 0 Å². The van der Waals surface area contributed by atoms with Gasteiger partial charge in [0.25, 0.3) is 0 Å². The molecule has 4 aromatic rings. The lowest BCUT2D eigenvalue weighted by Crippen LogP contribution is -2.47. The molecule has 1 aliphatic heterocycles. The van der Waals surface area contributed by atoms with Gasteiger partial charge >= 0.3 is 0 Å². The number of aryl methyl sites for hydroxylation is 2. The van der Waals surface area contributed by atoms with Gasteiger partial charge in [0, 0.05) is 43.4 Å². The Bertz CT molecular complexity index is 1180. The Morgan fingerprint density at radius 3 is 1.91 bits per heavy atom. The molecule has 5 rings (SSSR count). The van der Waals surface area contributed by atoms with Crippen molar-refractivity contribution >= 4 is 11.6 Å². The second kappa shape index (κ2) is 8.75. The summed E-state index contributed by atoms with van der Waals surface area (Å²) < 4.78 is 0. The number of benzene rings is 2. The Balaban J connectivity index is 1.27. The van der Waals surface area contributed by atoms with Crippen molar-refractivity contribution in [2.24, 2.45) is 0 Å². The van der Waals surface area contributed by atoms with Crippen molar-refractivity contribution in [2.75, 3.05) is 36.0 Å². The molecule has 2 aromatic heterocycles. The third-order valence-electron chi connectivity index (χ3n) is 5.82. The molecule has 160 valence electrons. The summed E-state index contributed by atoms with van der Waals surface area (Å²) in [5.41, 5.74) is 5.31. The van der Waals surface area contributed by atoms with E-state index in [0.717, 1.165) is 66.2 Å². The van der Waals surface area contributed by atoms with Crippen LogP contribution in [0.5, 0.6) is 0 Å². The van der Waals surface area contributed by atoms with Crippen LogP contribution in [0.2, 0.25) is 0 Å². The van der Waals surface area contributed by atoms with Crippen molar-refractivity contribution < 1.29 is 0 Å². The van der Waals surface area contributed by atoms with Crippen LogP contribution < -0.4 is 9.80 Å². The van der Waals surface area contributed by atoms with E-state index in [1.54, 1.807) is 0 Å². The van der Waals surface area contributed by atoms with Crippen LogP contribution in [-0.2, 0) is 0 Å². The van der Waals surface area contributed by atoms with E-state index in [1.807, 2.05) is 25.1 Å². The number of hydrogen-bond acceptors (Lipinski definition) is 6. The molecule has 1 aliphatic rings. The van der Waals surface area contributed by atoms with Crippen molar-refractivity contribution in [3.05, 3.63) is 84.2 Å². The Kier molecular flexibility index (Phi) is 5.50. The molecular weight excluding hydrogens is 396 g/mol. The van der Waals surface area contributed by atoms with Gasteiger partial charge in [-0.1, -0.05) is 60.2 Å². The summed E-state index contributed by atoms with van der Waals surface area (Å²) in [4.78, 5) is 13.9. The van der Waals surface area contributed by atoms with E-state index >= 15 is 0 Å². The zero-order chi connectivity index (χ0) is 21.9. The highest BCUT2D eigenvalue weighted by Crippen LogP contribution is 2.24. The molecule has 0 N–H and O–H groups in total. The summed E-state index contributed by atoms with van der Waals surface area (Å²) in [5.74, 6) is 2.70. The normalized spacial score (nSPS) is 13.9. The van der Waals surface area contributed by atoms with Crippen LogP contribution in [-0.4, -0.2) is 46.3 Å². The lowest BCUT2D eigenvalue weighted by atomic mass is 10.1. The molecule has 0 unspecified atom stereocenters. The van der Waals surface area contributed by atoms with Crippen LogP contribution in [0.1, 0.15) is 11.4 Å². The number of hydrogen-bond donors (Lipinski definition) is 0. The SMILES string of the molecule is Cc1ccc(-c2ccc(N3CCN(c4cc(-c5ccccc5)nc(C)n4)CC3)nn2)cc1. The molecule has 0 saturated carbocycles. The average Bonchev–Trinajstić information content (AvgIpc) is 2.85. The highest BCUT2D eigenvalue weighted by Gasteiger charge is 2.20. The number of piperazine rings is 1. The van der Waals surface area contributed by atoms with E-state index in [9.17, 15) is 0 Å². The summed E-state index contributed by atoms with van der Waals surface area (Å²) in [6, 6.07) is 24.9. The minimum absolute atomic E-state index is 0.793. The van der Waals surface area contributed by atoms with Crippen LogP contribution in [0, 0.1) is 13.8 Å². The molecule has 0 bridgehead atoms. The largest absolute Gasteiger partial charge is 0.353 e. The maximum absolute atomic E-state index is 4.70. The van der Waals surface area contributed by atoms with Gasteiger partial charge in [-0.25, -0.2) is 9.97 Å². The fourth-order valence-electron chi connectivity index (χ4n) is 4.01. The first-order valence-corrected chi connectivity index (χ1v) is 11.0. The Labute approximate surface area is 188 Å². The van der Waals surface area contributed by atoms with Crippen molar-refractivity contribution in [1.29, 1.82) is 0 Å². The number of aromatic nitrogens is 4. The molecule has 0 spiro atoms. The van der Waals surface area contributed by atoms with Gasteiger partial charge in [0.1, 0.15) is 11.6 Å². The second-order valence-electron chi connectivity index (χ2n) is 8.14. The smallest absolute Gasteiger partial charge is 0.151 e. The molecule has 1 fully saturated rings. The first-order valence-electron chi connectivity index (χ1n) is 11.0. The van der Waals surface area contributed by atoms with Gasteiger partial charge in [-0.3, -0.25) is 0 Å². The number of rotatable bonds is 4. The molecule has 32 heavy (non-hydrogen) atoms. The summed E-state index contributed by atoms with van der Waals surface area (Å²) in [7, 11) is 0. The van der Waals surface area contributed by atoms with Gasteiger partial charge in [0.05, 0.1) is 11.4 Å². The van der Waals surface area contributed by atoms with Gasteiger partial charge in [-0.2, -0.15) is 0 Å². The fourth-order valence-corrected chi connectivity index (χ4v) is 4.01. The van der Waals surface area contributed by atoms with Gasteiger partial charge in [0.15, 0.2) is 5.82 Å². The number of nitrogens with zero attached hydrogens (tertiary/aromatic N) is 6. The molecule has 2 aromatic carbocycles. The van der Waals surface area contributed by atoms with E-state index in [-0.39, 0.29) is 0 Å². The zero-order valence-electron chi connectivity index (χ0n) is 18.4. The van der Waals surface area contributed by atoms with Gasteiger partial charge in [-0.05, 0) is 26.0 Å². The second-order valence-corrected chi connectivity index (χ2v) is 8.14. The molecule has 0 radical (unpaired) electrons. The third kappa shape index (κ3) is 4.30. The number of anilines is 2. The third-order valence-corrected chi connectivity index (χ3v) is 5.82. The molecule has 6 nitrogen and oxygen atoms in total. The van der Waals surface area contributed by atoms with E-state index in [1.165, 1.54) is 5.56 Å².